The van der Waals surface area contributed by atoms with Crippen molar-refractivity contribution in [1.29, 1.82) is 0 Å². The number of aromatic nitrogens is 1. The number of rotatable bonds is 2. The molecule has 0 unspecified atom stereocenters. The molecule has 0 fully saturated rings. The van der Waals surface area contributed by atoms with Crippen molar-refractivity contribution in [3.63, 3.8) is 0 Å². The normalized spacial score (nSPS) is 11.6. The Kier molecular flexibility index (Phi) is 2.44. The minimum absolute atomic E-state index is 0.133. The van der Waals surface area contributed by atoms with Crippen LogP contribution in [0.15, 0.2) is 36.5 Å². The highest BCUT2D eigenvalue weighted by Crippen LogP contribution is 2.40. The van der Waals surface area contributed by atoms with E-state index in [2.05, 4.69) is 9.51 Å². The summed E-state index contributed by atoms with van der Waals surface area (Å²) in [6.07, 6.45) is 1.60. The van der Waals surface area contributed by atoms with Gasteiger partial charge in [0.25, 0.3) is 0 Å². The molecule has 78 valence electrons. The fraction of sp³-hybridized carbons (Fsp3) is 0. The third-order valence-electron chi connectivity index (χ3n) is 1.82. The van der Waals surface area contributed by atoms with Crippen LogP contribution >= 0.6 is 7.82 Å². The molecule has 0 aliphatic rings. The molecule has 0 bridgehead atoms. The number of nitrogens with zero attached hydrogens (tertiary/aromatic N) is 1. The van der Waals surface area contributed by atoms with Crippen LogP contribution in [0.25, 0.3) is 10.9 Å². The van der Waals surface area contributed by atoms with E-state index in [1.54, 1.807) is 30.5 Å². The second kappa shape index (κ2) is 3.62. The lowest BCUT2D eigenvalue weighted by atomic mass is 10.2. The van der Waals surface area contributed by atoms with Crippen molar-refractivity contribution in [3.8, 4) is 5.75 Å². The quantitative estimate of drug-likeness (QED) is 0.760. The van der Waals surface area contributed by atoms with Crippen LogP contribution in [-0.2, 0) is 4.57 Å². The SMILES string of the molecule is O=P(O)(O)Oc1cccc2ncccc12. The van der Waals surface area contributed by atoms with Gasteiger partial charge >= 0.3 is 7.82 Å². The lowest BCUT2D eigenvalue weighted by Crippen LogP contribution is -1.91. The van der Waals surface area contributed by atoms with E-state index in [-0.39, 0.29) is 5.75 Å². The number of phosphoric acid groups is 1. The smallest absolute Gasteiger partial charge is 0.404 e. The first-order chi connectivity index (χ1) is 7.06. The van der Waals surface area contributed by atoms with E-state index >= 15 is 0 Å². The Bertz CT molecular complexity index is 531. The van der Waals surface area contributed by atoms with E-state index in [0.29, 0.717) is 10.9 Å². The van der Waals surface area contributed by atoms with Crippen LogP contribution in [0.2, 0.25) is 0 Å². The lowest BCUT2D eigenvalue weighted by molar-refractivity contribution is 0.284. The molecule has 15 heavy (non-hydrogen) atoms. The zero-order valence-corrected chi connectivity index (χ0v) is 8.46. The molecule has 2 N–H and O–H groups in total. The van der Waals surface area contributed by atoms with E-state index in [0.717, 1.165) is 0 Å². The van der Waals surface area contributed by atoms with Gasteiger partial charge in [-0.1, -0.05) is 6.07 Å². The minimum Gasteiger partial charge on any atom is -0.404 e. The van der Waals surface area contributed by atoms with E-state index in [4.69, 9.17) is 9.79 Å². The molecule has 1 aromatic heterocycles. The summed E-state index contributed by atoms with van der Waals surface area (Å²) >= 11 is 0. The van der Waals surface area contributed by atoms with Gasteiger partial charge in [0.05, 0.1) is 5.52 Å². The summed E-state index contributed by atoms with van der Waals surface area (Å²) in [7, 11) is -4.52. The van der Waals surface area contributed by atoms with Crippen molar-refractivity contribution < 1.29 is 18.9 Å². The van der Waals surface area contributed by atoms with Gasteiger partial charge in [-0.05, 0) is 24.3 Å². The van der Waals surface area contributed by atoms with E-state index < -0.39 is 7.82 Å². The highest BCUT2D eigenvalue weighted by molar-refractivity contribution is 7.46. The number of hydrogen-bond acceptors (Lipinski definition) is 3. The van der Waals surface area contributed by atoms with Crippen LogP contribution in [-0.4, -0.2) is 14.8 Å². The number of fused-ring (bicyclic) bond motifs is 1. The van der Waals surface area contributed by atoms with Crippen LogP contribution in [0, 0.1) is 0 Å². The van der Waals surface area contributed by atoms with Gasteiger partial charge in [-0.15, -0.1) is 0 Å². The maximum Gasteiger partial charge on any atom is 0.524 e. The average Bonchev–Trinajstić information content (AvgIpc) is 2.16. The second-order valence-corrected chi connectivity index (χ2v) is 4.07. The van der Waals surface area contributed by atoms with Gasteiger partial charge in [0.15, 0.2) is 0 Å². The number of pyridine rings is 1. The van der Waals surface area contributed by atoms with Gasteiger partial charge in [-0.2, -0.15) is 0 Å². The molecular weight excluding hydrogens is 217 g/mol. The zero-order valence-electron chi connectivity index (χ0n) is 7.57. The highest BCUT2D eigenvalue weighted by atomic mass is 31.2. The molecule has 2 aromatic rings. The third kappa shape index (κ3) is 2.33. The van der Waals surface area contributed by atoms with Crippen LogP contribution in [0.1, 0.15) is 0 Å². The summed E-state index contributed by atoms with van der Waals surface area (Å²) in [5.41, 5.74) is 0.628. The first-order valence-corrected chi connectivity index (χ1v) is 5.68. The summed E-state index contributed by atoms with van der Waals surface area (Å²) in [4.78, 5) is 21.4. The maximum atomic E-state index is 10.7. The standard InChI is InChI=1S/C9H8NO4P/c11-15(12,13)14-9-5-1-4-8-7(9)3-2-6-10-8/h1-6H,(H2,11,12,13). The summed E-state index contributed by atoms with van der Waals surface area (Å²) in [5.74, 6) is 0.133. The predicted octanol–water partition coefficient (Wildman–Crippen LogP) is 1.71. The van der Waals surface area contributed by atoms with E-state index in [1.807, 2.05) is 0 Å². The van der Waals surface area contributed by atoms with Crippen molar-refractivity contribution in [3.05, 3.63) is 36.5 Å². The van der Waals surface area contributed by atoms with Crippen molar-refractivity contribution >= 4 is 18.7 Å². The zero-order chi connectivity index (χ0) is 10.9. The molecule has 0 atom stereocenters. The molecule has 6 heteroatoms. The van der Waals surface area contributed by atoms with Crippen molar-refractivity contribution in [1.82, 2.24) is 4.98 Å². The first kappa shape index (κ1) is 10.1. The van der Waals surface area contributed by atoms with Crippen molar-refractivity contribution in [2.45, 2.75) is 0 Å². The molecule has 0 radical (unpaired) electrons. The van der Waals surface area contributed by atoms with Crippen molar-refractivity contribution in [2.24, 2.45) is 0 Å². The summed E-state index contributed by atoms with van der Waals surface area (Å²) in [6, 6.07) is 8.22. The Morgan fingerprint density at radius 1 is 1.20 bits per heavy atom. The summed E-state index contributed by atoms with van der Waals surface area (Å²) < 4.78 is 15.2. The number of benzene rings is 1. The van der Waals surface area contributed by atoms with Gasteiger partial charge in [0, 0.05) is 11.6 Å². The number of phosphoric ester groups is 1. The summed E-state index contributed by atoms with van der Waals surface area (Å²) in [5, 5.41) is 0.573. The first-order valence-electron chi connectivity index (χ1n) is 4.15. The molecule has 1 heterocycles. The van der Waals surface area contributed by atoms with Crippen LogP contribution in [0.5, 0.6) is 5.75 Å². The molecule has 1 aromatic carbocycles. The molecule has 2 rings (SSSR count). The van der Waals surface area contributed by atoms with E-state index in [9.17, 15) is 4.57 Å². The Hall–Kier alpha value is -1.42. The Labute approximate surface area is 85.6 Å². The Morgan fingerprint density at radius 2 is 2.00 bits per heavy atom. The average molecular weight is 225 g/mol. The monoisotopic (exact) mass is 225 g/mol. The highest BCUT2D eigenvalue weighted by Gasteiger charge is 2.17. The molecule has 0 saturated carbocycles. The van der Waals surface area contributed by atoms with Gasteiger partial charge in [-0.25, -0.2) is 4.57 Å². The van der Waals surface area contributed by atoms with Crippen LogP contribution in [0.4, 0.5) is 0 Å². The minimum atomic E-state index is -4.52. The van der Waals surface area contributed by atoms with Crippen molar-refractivity contribution in [2.75, 3.05) is 0 Å². The lowest BCUT2D eigenvalue weighted by Gasteiger charge is -2.08. The molecule has 0 amide bonds. The van der Waals surface area contributed by atoms with Crippen LogP contribution < -0.4 is 4.52 Å². The molecule has 0 saturated heterocycles. The second-order valence-electron chi connectivity index (χ2n) is 2.91. The van der Waals surface area contributed by atoms with Gasteiger partial charge < -0.3 is 4.52 Å². The Morgan fingerprint density at radius 3 is 2.73 bits per heavy atom. The molecular formula is C9H8NO4P. The molecule has 5 nitrogen and oxygen atoms in total. The van der Waals surface area contributed by atoms with Gasteiger partial charge in [0.2, 0.25) is 0 Å². The van der Waals surface area contributed by atoms with Gasteiger partial charge in [-0.3, -0.25) is 14.8 Å². The topological polar surface area (TPSA) is 79.7 Å². The predicted molar refractivity (Wildman–Crippen MR) is 54.4 cm³/mol. The fourth-order valence-corrected chi connectivity index (χ4v) is 1.70. The van der Waals surface area contributed by atoms with Gasteiger partial charge in [0.1, 0.15) is 5.75 Å². The summed E-state index contributed by atoms with van der Waals surface area (Å²) in [6.45, 7) is 0. The number of hydrogen-bond donors (Lipinski definition) is 2. The fourth-order valence-electron chi connectivity index (χ4n) is 1.28. The molecule has 0 aliphatic carbocycles. The largest absolute Gasteiger partial charge is 0.524 e. The molecule has 0 aliphatic heterocycles. The Balaban J connectivity index is 2.56. The third-order valence-corrected chi connectivity index (χ3v) is 2.26. The molecule has 0 spiro atoms. The van der Waals surface area contributed by atoms with Crippen LogP contribution in [0.3, 0.4) is 0 Å². The maximum absolute atomic E-state index is 10.7. The van der Waals surface area contributed by atoms with E-state index in [1.165, 1.54) is 6.07 Å².